The molecule has 0 atom stereocenters. The van der Waals surface area contributed by atoms with Crippen molar-refractivity contribution in [3.8, 4) is 0 Å². The minimum absolute atomic E-state index is 0.272. The first kappa shape index (κ1) is 12.6. The van der Waals surface area contributed by atoms with Gasteiger partial charge in [0.1, 0.15) is 0 Å². The van der Waals surface area contributed by atoms with Crippen molar-refractivity contribution in [3.05, 3.63) is 0 Å². The van der Waals surface area contributed by atoms with Gasteiger partial charge in [0.15, 0.2) is 0 Å². The number of hydrogen-bond acceptors (Lipinski definition) is 5. The highest BCUT2D eigenvalue weighted by molar-refractivity contribution is 6.55. The predicted octanol–water partition coefficient (Wildman–Crippen LogP) is 0.704. The lowest BCUT2D eigenvalue weighted by Crippen LogP contribution is -2.48. The Hall–Kier alpha value is -0.433. The molecule has 0 aromatic carbocycles. The number of hydrogen-bond donors (Lipinski definition) is 0. The molecule has 0 aromatic rings. The van der Waals surface area contributed by atoms with Gasteiger partial charge in [0, 0.05) is 27.2 Å². The molecule has 0 aromatic heterocycles. The summed E-state index contributed by atoms with van der Waals surface area (Å²) in [6, 6.07) is 0. The maximum absolute atomic E-state index is 11.0. The van der Waals surface area contributed by atoms with Crippen LogP contribution in [-0.4, -0.2) is 35.8 Å². The Morgan fingerprint density at radius 3 is 2.08 bits per heavy atom. The topological polar surface area (TPSA) is 54.0 Å². The summed E-state index contributed by atoms with van der Waals surface area (Å²) < 4.78 is 20.0. The van der Waals surface area contributed by atoms with E-state index in [-0.39, 0.29) is 12.4 Å². The first-order chi connectivity index (χ1) is 6.14. The zero-order valence-electron chi connectivity index (χ0n) is 8.46. The van der Waals surface area contributed by atoms with Crippen LogP contribution >= 0.6 is 0 Å². The summed E-state index contributed by atoms with van der Waals surface area (Å²) in [7, 11) is -0.383. The van der Waals surface area contributed by atoms with Crippen molar-refractivity contribution in [1.82, 2.24) is 0 Å². The highest BCUT2D eigenvalue weighted by Gasteiger charge is 2.47. The van der Waals surface area contributed by atoms with Gasteiger partial charge >= 0.3 is 9.05 Å². The van der Waals surface area contributed by atoms with Gasteiger partial charge in [0.2, 0.25) is 0 Å². The van der Waals surface area contributed by atoms with Crippen molar-refractivity contribution in [2.75, 3.05) is 20.8 Å². The summed E-state index contributed by atoms with van der Waals surface area (Å²) in [6.45, 7) is 3.85. The predicted molar refractivity (Wildman–Crippen MR) is 47.8 cm³/mol. The second-order valence-corrected chi connectivity index (χ2v) is 4.48. The molecule has 0 unspecified atom stereocenters. The molecule has 0 heterocycles. The Kier molecular flexibility index (Phi) is 5.88. The first-order valence-corrected chi connectivity index (χ1v) is 5.73. The third-order valence-electron chi connectivity index (χ3n) is 1.35. The Balaban J connectivity index is 4.28. The van der Waals surface area contributed by atoms with E-state index in [1.54, 1.807) is 13.8 Å². The Labute approximate surface area is 79.4 Å². The van der Waals surface area contributed by atoms with Gasteiger partial charge in [-0.2, -0.15) is 0 Å². The van der Waals surface area contributed by atoms with Gasteiger partial charge in [-0.3, -0.25) is 4.79 Å². The molecule has 0 spiro atoms. The van der Waals surface area contributed by atoms with Crippen LogP contribution in [0, 0.1) is 0 Å². The summed E-state index contributed by atoms with van der Waals surface area (Å²) in [5.74, 6) is -0.385. The summed E-state index contributed by atoms with van der Waals surface area (Å²) in [6.07, 6.45) is 0.272. The fourth-order valence-electron chi connectivity index (χ4n) is 0.702. The summed E-state index contributed by atoms with van der Waals surface area (Å²) in [4.78, 5) is 11.0. The van der Waals surface area contributed by atoms with E-state index in [0.29, 0.717) is 6.61 Å². The quantitative estimate of drug-likeness (QED) is 0.601. The van der Waals surface area contributed by atoms with Crippen LogP contribution in [0.5, 0.6) is 0 Å². The van der Waals surface area contributed by atoms with Crippen molar-refractivity contribution in [1.29, 1.82) is 0 Å². The molecular weight excluding hydrogens is 192 g/mol. The molecule has 0 saturated carbocycles. The third-order valence-corrected chi connectivity index (χ3v) is 3.47. The lowest BCUT2D eigenvalue weighted by molar-refractivity contribution is -0.143. The average Bonchev–Trinajstić information content (AvgIpc) is 2.17. The van der Waals surface area contributed by atoms with Crippen molar-refractivity contribution >= 4 is 15.0 Å². The average molecular weight is 208 g/mol. The zero-order chi connectivity index (χ0) is 10.3. The van der Waals surface area contributed by atoms with Crippen molar-refractivity contribution in [2.24, 2.45) is 0 Å². The SMILES string of the molecule is CCO[Si](OC)(OC)OC(=O)CC. The molecule has 6 heteroatoms. The molecule has 0 bridgehead atoms. The van der Waals surface area contributed by atoms with Gasteiger partial charge in [-0.1, -0.05) is 6.92 Å². The molecule has 0 aliphatic carbocycles. The van der Waals surface area contributed by atoms with Crippen LogP contribution < -0.4 is 0 Å². The third kappa shape index (κ3) is 3.86. The van der Waals surface area contributed by atoms with Crippen molar-refractivity contribution in [2.45, 2.75) is 20.3 Å². The summed E-state index contributed by atoms with van der Waals surface area (Å²) in [5, 5.41) is 0. The normalized spacial score (nSPS) is 11.4. The molecule has 0 amide bonds. The molecule has 5 nitrogen and oxygen atoms in total. The molecule has 0 fully saturated rings. The van der Waals surface area contributed by atoms with E-state index in [9.17, 15) is 4.79 Å². The van der Waals surface area contributed by atoms with E-state index >= 15 is 0 Å². The fourth-order valence-corrected chi connectivity index (χ4v) is 2.11. The van der Waals surface area contributed by atoms with E-state index in [2.05, 4.69) is 0 Å². The summed E-state index contributed by atoms with van der Waals surface area (Å²) >= 11 is 0. The molecule has 0 rings (SSSR count). The van der Waals surface area contributed by atoms with E-state index < -0.39 is 9.05 Å². The Bertz CT molecular complexity index is 157. The number of carbonyl (C=O) groups is 1. The molecule has 0 aliphatic rings. The Morgan fingerprint density at radius 1 is 1.23 bits per heavy atom. The van der Waals surface area contributed by atoms with E-state index in [4.69, 9.17) is 17.7 Å². The van der Waals surface area contributed by atoms with Crippen molar-refractivity contribution < 1.29 is 22.5 Å². The molecular formula is C7H16O5Si. The maximum atomic E-state index is 11.0. The minimum Gasteiger partial charge on any atom is -0.452 e. The Morgan fingerprint density at radius 2 is 1.77 bits per heavy atom. The van der Waals surface area contributed by atoms with E-state index in [1.165, 1.54) is 14.2 Å². The monoisotopic (exact) mass is 208 g/mol. The van der Waals surface area contributed by atoms with E-state index in [1.807, 2.05) is 0 Å². The van der Waals surface area contributed by atoms with Crippen LogP contribution in [0.25, 0.3) is 0 Å². The fraction of sp³-hybridized carbons (Fsp3) is 0.857. The van der Waals surface area contributed by atoms with E-state index in [0.717, 1.165) is 0 Å². The second kappa shape index (κ2) is 6.09. The highest BCUT2D eigenvalue weighted by Crippen LogP contribution is 2.10. The largest absolute Gasteiger partial charge is 0.751 e. The highest BCUT2D eigenvalue weighted by atomic mass is 28.4. The molecule has 13 heavy (non-hydrogen) atoms. The van der Waals surface area contributed by atoms with Crippen LogP contribution in [0.4, 0.5) is 0 Å². The van der Waals surface area contributed by atoms with Gasteiger partial charge in [-0.05, 0) is 6.92 Å². The first-order valence-electron chi connectivity index (χ1n) is 4.10. The van der Waals surface area contributed by atoms with Gasteiger partial charge in [0.05, 0.1) is 0 Å². The van der Waals surface area contributed by atoms with Crippen LogP contribution in [0.1, 0.15) is 20.3 Å². The summed E-state index contributed by atoms with van der Waals surface area (Å²) in [5.41, 5.74) is 0. The molecule has 78 valence electrons. The lowest BCUT2D eigenvalue weighted by Gasteiger charge is -2.23. The van der Waals surface area contributed by atoms with Gasteiger partial charge < -0.3 is 17.7 Å². The minimum atomic E-state index is -3.18. The van der Waals surface area contributed by atoms with Crippen LogP contribution in [-0.2, 0) is 22.5 Å². The lowest BCUT2D eigenvalue weighted by atomic mass is 10.5. The van der Waals surface area contributed by atoms with Crippen LogP contribution in [0.3, 0.4) is 0 Å². The zero-order valence-corrected chi connectivity index (χ0v) is 9.46. The molecule has 0 N–H and O–H groups in total. The van der Waals surface area contributed by atoms with Crippen LogP contribution in [0.15, 0.2) is 0 Å². The van der Waals surface area contributed by atoms with Gasteiger partial charge in [-0.25, -0.2) is 0 Å². The molecule has 0 aliphatic heterocycles. The number of rotatable bonds is 6. The van der Waals surface area contributed by atoms with Crippen LogP contribution in [0.2, 0.25) is 0 Å². The van der Waals surface area contributed by atoms with Gasteiger partial charge in [0.25, 0.3) is 5.97 Å². The smallest absolute Gasteiger partial charge is 0.452 e. The van der Waals surface area contributed by atoms with Crippen molar-refractivity contribution in [3.63, 3.8) is 0 Å². The standard InChI is InChI=1S/C7H16O5Si/c1-5-7(8)12-13(9-3,10-4)11-6-2/h5-6H2,1-4H3. The molecule has 0 saturated heterocycles. The number of carbonyl (C=O) groups excluding carboxylic acids is 1. The van der Waals surface area contributed by atoms with Gasteiger partial charge in [-0.15, -0.1) is 0 Å². The molecule has 0 radical (unpaired) electrons. The second-order valence-electron chi connectivity index (χ2n) is 2.17. The maximum Gasteiger partial charge on any atom is 0.751 e.